The number of carbonyl (C=O) groups excluding carboxylic acids is 1. The first-order chi connectivity index (χ1) is 18.1. The predicted octanol–water partition coefficient (Wildman–Crippen LogP) is 6.73. The Labute approximate surface area is 217 Å². The Hall–Kier alpha value is -4.32. The molecular weight excluding hydrogens is 464 g/mol. The van der Waals surface area contributed by atoms with Crippen molar-refractivity contribution in [1.82, 2.24) is 4.98 Å². The van der Waals surface area contributed by atoms with E-state index in [2.05, 4.69) is 35.3 Å². The topological polar surface area (TPSA) is 60.9 Å². The summed E-state index contributed by atoms with van der Waals surface area (Å²) in [6, 6.07) is 23.6. The van der Waals surface area contributed by atoms with Crippen molar-refractivity contribution in [3.63, 3.8) is 0 Å². The highest BCUT2D eigenvalue weighted by molar-refractivity contribution is 5.94. The quantitative estimate of drug-likeness (QED) is 0.267. The van der Waals surface area contributed by atoms with Crippen molar-refractivity contribution >= 4 is 22.5 Å². The van der Waals surface area contributed by atoms with Crippen LogP contribution in [0.4, 0.5) is 5.69 Å². The zero-order valence-corrected chi connectivity index (χ0v) is 21.1. The molecule has 0 bridgehead atoms. The Balaban J connectivity index is 1.29. The number of hydrogen-bond donors (Lipinski definition) is 0. The van der Waals surface area contributed by atoms with E-state index in [0.29, 0.717) is 36.0 Å². The first-order valence-electron chi connectivity index (χ1n) is 12.5. The Morgan fingerprint density at radius 2 is 1.62 bits per heavy atom. The second kappa shape index (κ2) is 11.2. The van der Waals surface area contributed by atoms with Crippen molar-refractivity contribution in [1.29, 1.82) is 0 Å². The zero-order chi connectivity index (χ0) is 25.6. The fourth-order valence-electron chi connectivity index (χ4n) is 4.62. The van der Waals surface area contributed by atoms with Gasteiger partial charge >= 0.3 is 0 Å². The van der Waals surface area contributed by atoms with Crippen LogP contribution >= 0.6 is 0 Å². The maximum atomic E-state index is 12.9. The van der Waals surface area contributed by atoms with E-state index in [0.717, 1.165) is 35.9 Å². The Morgan fingerprint density at radius 1 is 0.865 bits per heavy atom. The summed E-state index contributed by atoms with van der Waals surface area (Å²) < 4.78 is 17.0. The molecule has 1 fully saturated rings. The highest BCUT2D eigenvalue weighted by Gasteiger charge is 2.20. The third kappa shape index (κ3) is 5.59. The van der Waals surface area contributed by atoms with Crippen LogP contribution < -0.4 is 19.1 Å². The monoisotopic (exact) mass is 494 g/mol. The molecule has 5 rings (SSSR count). The minimum absolute atomic E-state index is 0.151. The van der Waals surface area contributed by atoms with Gasteiger partial charge in [0.15, 0.2) is 11.5 Å². The number of rotatable bonds is 7. The molecule has 37 heavy (non-hydrogen) atoms. The van der Waals surface area contributed by atoms with Gasteiger partial charge < -0.3 is 19.1 Å². The molecule has 0 unspecified atom stereocenters. The summed E-state index contributed by atoms with van der Waals surface area (Å²) in [4.78, 5) is 19.2. The number of methoxy groups -OCH3 is 2. The fraction of sp³-hybridized carbons (Fsp3) is 0.226. The lowest BCUT2D eigenvalue weighted by molar-refractivity contribution is -0.118. The van der Waals surface area contributed by atoms with Gasteiger partial charge in [-0.2, -0.15) is 0 Å². The standard InChI is InChI=1S/C31H30N2O4/c1-35-29-20-26-27(21-30(29)36-2)32-18-16-28(26)37-25-13-11-24(12-14-25)33-19-17-23(10-15-31(33)34)9-8-22-6-4-3-5-7-22/h3-7,9,11-14,16,18,20-21H,8,10,15,17,19H2,1-2H3/b23-9-. The van der Waals surface area contributed by atoms with Crippen LogP contribution in [0, 0.1) is 0 Å². The van der Waals surface area contributed by atoms with E-state index in [1.54, 1.807) is 20.4 Å². The SMILES string of the molecule is COc1cc2nccc(Oc3ccc(N4CC/C(=C\Cc5ccccc5)CCC4=O)cc3)c2cc1OC. The smallest absolute Gasteiger partial charge is 0.227 e. The molecule has 1 aliphatic heterocycles. The van der Waals surface area contributed by atoms with Crippen LogP contribution in [0.5, 0.6) is 23.0 Å². The van der Waals surface area contributed by atoms with Gasteiger partial charge in [0.05, 0.1) is 19.7 Å². The van der Waals surface area contributed by atoms with E-state index in [4.69, 9.17) is 14.2 Å². The van der Waals surface area contributed by atoms with Crippen LogP contribution in [0.2, 0.25) is 0 Å². The van der Waals surface area contributed by atoms with Gasteiger partial charge in [0.25, 0.3) is 0 Å². The molecule has 0 saturated carbocycles. The fourth-order valence-corrected chi connectivity index (χ4v) is 4.62. The van der Waals surface area contributed by atoms with Crippen LogP contribution in [0.25, 0.3) is 10.9 Å². The lowest BCUT2D eigenvalue weighted by Gasteiger charge is -2.21. The summed E-state index contributed by atoms with van der Waals surface area (Å²) >= 11 is 0. The number of amides is 1. The maximum Gasteiger partial charge on any atom is 0.227 e. The molecule has 3 aromatic carbocycles. The van der Waals surface area contributed by atoms with Crippen LogP contribution in [-0.2, 0) is 11.2 Å². The molecule has 0 radical (unpaired) electrons. The van der Waals surface area contributed by atoms with Crippen LogP contribution in [0.15, 0.2) is 90.6 Å². The number of ether oxygens (including phenoxy) is 3. The van der Waals surface area contributed by atoms with Crippen molar-refractivity contribution in [3.05, 3.63) is 96.2 Å². The number of nitrogens with zero attached hydrogens (tertiary/aromatic N) is 2. The molecule has 6 nitrogen and oxygen atoms in total. The molecule has 0 N–H and O–H groups in total. The van der Waals surface area contributed by atoms with Gasteiger partial charge in [-0.1, -0.05) is 42.0 Å². The molecule has 1 aliphatic rings. The molecule has 6 heteroatoms. The summed E-state index contributed by atoms with van der Waals surface area (Å²) in [7, 11) is 3.20. The number of aromatic nitrogens is 1. The summed E-state index contributed by atoms with van der Waals surface area (Å²) in [5, 5.41) is 0.821. The summed E-state index contributed by atoms with van der Waals surface area (Å²) in [6.45, 7) is 0.677. The normalized spacial score (nSPS) is 15.0. The molecule has 0 aliphatic carbocycles. The molecule has 2 heterocycles. The molecule has 0 spiro atoms. The van der Waals surface area contributed by atoms with Crippen molar-refractivity contribution in [2.45, 2.75) is 25.7 Å². The molecular formula is C31H30N2O4. The first kappa shape index (κ1) is 24.4. The van der Waals surface area contributed by atoms with Crippen LogP contribution in [0.1, 0.15) is 24.8 Å². The molecule has 1 amide bonds. The summed E-state index contributed by atoms with van der Waals surface area (Å²) in [5.41, 5.74) is 4.26. The Morgan fingerprint density at radius 3 is 2.38 bits per heavy atom. The average molecular weight is 495 g/mol. The molecule has 4 aromatic rings. The number of hydrogen-bond acceptors (Lipinski definition) is 5. The Kier molecular flexibility index (Phi) is 7.36. The van der Waals surface area contributed by atoms with E-state index < -0.39 is 0 Å². The second-order valence-electron chi connectivity index (χ2n) is 8.98. The number of allylic oxidation sites excluding steroid dienone is 1. The van der Waals surface area contributed by atoms with Crippen molar-refractivity contribution < 1.29 is 19.0 Å². The highest BCUT2D eigenvalue weighted by atomic mass is 16.5. The van der Waals surface area contributed by atoms with Crippen LogP contribution in [-0.4, -0.2) is 31.7 Å². The maximum absolute atomic E-state index is 12.9. The van der Waals surface area contributed by atoms with Gasteiger partial charge in [-0.05, 0) is 61.2 Å². The van der Waals surface area contributed by atoms with E-state index >= 15 is 0 Å². The lowest BCUT2D eigenvalue weighted by Crippen LogP contribution is -2.29. The summed E-state index contributed by atoms with van der Waals surface area (Å²) in [5.74, 6) is 2.72. The zero-order valence-electron chi connectivity index (χ0n) is 21.1. The average Bonchev–Trinajstić information content (AvgIpc) is 3.13. The van der Waals surface area contributed by atoms with E-state index in [9.17, 15) is 4.79 Å². The first-order valence-corrected chi connectivity index (χ1v) is 12.5. The van der Waals surface area contributed by atoms with Gasteiger partial charge in [-0.3, -0.25) is 9.78 Å². The van der Waals surface area contributed by atoms with Crippen molar-refractivity contribution in [3.8, 4) is 23.0 Å². The van der Waals surface area contributed by atoms with Gasteiger partial charge in [0.1, 0.15) is 11.5 Å². The largest absolute Gasteiger partial charge is 0.493 e. The number of anilines is 1. The highest BCUT2D eigenvalue weighted by Crippen LogP contribution is 2.37. The third-order valence-corrected chi connectivity index (χ3v) is 6.67. The van der Waals surface area contributed by atoms with Gasteiger partial charge in [-0.15, -0.1) is 0 Å². The number of benzene rings is 3. The molecule has 188 valence electrons. The number of carbonyl (C=O) groups is 1. The minimum atomic E-state index is 0.151. The van der Waals surface area contributed by atoms with Gasteiger partial charge in [0.2, 0.25) is 5.91 Å². The van der Waals surface area contributed by atoms with E-state index in [1.165, 1.54) is 11.1 Å². The lowest BCUT2D eigenvalue weighted by atomic mass is 10.0. The van der Waals surface area contributed by atoms with Crippen molar-refractivity contribution in [2.24, 2.45) is 0 Å². The van der Waals surface area contributed by atoms with E-state index in [1.807, 2.05) is 53.4 Å². The summed E-state index contributed by atoms with van der Waals surface area (Å²) in [6.07, 6.45) is 7.10. The Bertz CT molecular complexity index is 1410. The second-order valence-corrected chi connectivity index (χ2v) is 8.98. The van der Waals surface area contributed by atoms with Crippen molar-refractivity contribution in [2.75, 3.05) is 25.7 Å². The number of fused-ring (bicyclic) bond motifs is 1. The van der Waals surface area contributed by atoms with Crippen LogP contribution in [0.3, 0.4) is 0 Å². The number of pyridine rings is 1. The van der Waals surface area contributed by atoms with E-state index in [-0.39, 0.29) is 5.91 Å². The van der Waals surface area contributed by atoms with Gasteiger partial charge in [0, 0.05) is 36.3 Å². The minimum Gasteiger partial charge on any atom is -0.493 e. The molecule has 0 atom stereocenters. The molecule has 1 saturated heterocycles. The predicted molar refractivity (Wildman–Crippen MR) is 146 cm³/mol. The molecule has 1 aromatic heterocycles. The van der Waals surface area contributed by atoms with Gasteiger partial charge in [-0.25, -0.2) is 0 Å². The third-order valence-electron chi connectivity index (χ3n) is 6.67.